The van der Waals surface area contributed by atoms with E-state index in [4.69, 9.17) is 0 Å². The van der Waals surface area contributed by atoms with E-state index in [0.29, 0.717) is 0 Å². The Kier molecular flexibility index (Phi) is 22.0. The first-order valence-electron chi connectivity index (χ1n) is 23.1. The van der Waals surface area contributed by atoms with Gasteiger partial charge in [0.15, 0.2) is 175 Å². The van der Waals surface area contributed by atoms with Gasteiger partial charge >= 0.3 is 0 Å². The Balaban J connectivity index is 0.000000246. The van der Waals surface area contributed by atoms with Crippen molar-refractivity contribution in [3.8, 4) is 0 Å². The Morgan fingerprint density at radius 3 is 0.583 bits per heavy atom. The van der Waals surface area contributed by atoms with E-state index >= 15 is 0 Å². The van der Waals surface area contributed by atoms with Crippen molar-refractivity contribution in [2.24, 2.45) is 0 Å². The lowest BCUT2D eigenvalue weighted by atomic mass is 9.36. The quantitative estimate of drug-likeness (QED) is 0.0318. The van der Waals surface area contributed by atoms with Gasteiger partial charge in [-0.05, 0) is 25.0 Å². The second-order valence-electron chi connectivity index (χ2n) is 17.2. The van der Waals surface area contributed by atoms with E-state index in [0.717, 1.165) is 12.2 Å². The summed E-state index contributed by atoms with van der Waals surface area (Å²) in [5.74, 6) is -89.5. The standard InChI is InChI=1S/2C18BF15.C13H24N3/c2*20-4-1(5(21)11(27)16(32)10(4)26)19(2-6(22)12(28)17(33)13(29)7(2)23)3-8(24)14(30)18(34)15(31)9(3)25;1-2-3-4-5-6-7-8-9-10-11-13-14-12-15-16-13/h;;12H,2-11H2,1H3/q;;-1. The van der Waals surface area contributed by atoms with Gasteiger partial charge in [0.25, 0.3) is 13.4 Å². The zero-order valence-electron chi connectivity index (χ0n) is 41.0. The molecule has 0 amide bonds. The van der Waals surface area contributed by atoms with Gasteiger partial charge in [-0.25, -0.2) is 132 Å². The second-order valence-corrected chi connectivity index (χ2v) is 17.2. The molecule has 0 saturated heterocycles. The van der Waals surface area contributed by atoms with Crippen LogP contribution in [-0.2, 0) is 6.42 Å². The summed E-state index contributed by atoms with van der Waals surface area (Å²) in [6.07, 6.45) is 14.8. The molecule has 0 saturated carbocycles. The Bertz CT molecular complexity index is 2920. The number of nitrogens with zero attached hydrogens (tertiary/aromatic N) is 3. The van der Waals surface area contributed by atoms with Crippen LogP contribution in [-0.4, -0.2) is 23.6 Å². The van der Waals surface area contributed by atoms with E-state index in [-0.39, 0.29) is 0 Å². The lowest BCUT2D eigenvalue weighted by molar-refractivity contribution is 0.380. The highest BCUT2D eigenvalue weighted by atomic mass is 19.2. The van der Waals surface area contributed by atoms with Crippen LogP contribution < -0.4 is 37.8 Å². The highest BCUT2D eigenvalue weighted by Gasteiger charge is 2.47. The molecule has 0 atom stereocenters. The van der Waals surface area contributed by atoms with Crippen LogP contribution in [0.3, 0.4) is 0 Å². The average Bonchev–Trinajstić information content (AvgIpc) is 2.35. The molecule has 84 heavy (non-hydrogen) atoms. The third-order valence-corrected chi connectivity index (χ3v) is 12.1. The van der Waals surface area contributed by atoms with Gasteiger partial charge < -0.3 is 15.2 Å². The minimum Gasteiger partial charge on any atom is -0.370 e. The molecule has 0 spiro atoms. The number of hydrogen-bond acceptors (Lipinski definition) is 2. The third-order valence-electron chi connectivity index (χ3n) is 12.1. The number of benzene rings is 6. The molecule has 0 bridgehead atoms. The van der Waals surface area contributed by atoms with Gasteiger partial charge in [-0.3, -0.25) is 0 Å². The third kappa shape index (κ3) is 12.6. The normalized spacial score (nSPS) is 11.3. The maximum absolute atomic E-state index is 14.4. The number of halogens is 30. The molecule has 0 fully saturated rings. The van der Waals surface area contributed by atoms with E-state index in [1.54, 1.807) is 0 Å². The van der Waals surface area contributed by atoms with Crippen molar-refractivity contribution in [2.45, 2.75) is 71.1 Å². The Morgan fingerprint density at radius 1 is 0.250 bits per heavy atom. The van der Waals surface area contributed by atoms with Gasteiger partial charge in [-0.2, -0.15) is 0 Å². The van der Waals surface area contributed by atoms with Crippen molar-refractivity contribution in [1.29, 1.82) is 0 Å². The van der Waals surface area contributed by atoms with E-state index in [9.17, 15) is 132 Å². The molecule has 6 aromatic carbocycles. The van der Waals surface area contributed by atoms with E-state index in [1.165, 1.54) is 64.1 Å². The zero-order valence-corrected chi connectivity index (χ0v) is 41.0. The lowest BCUT2D eigenvalue weighted by Crippen LogP contribution is -2.60. The summed E-state index contributed by atoms with van der Waals surface area (Å²) in [4.78, 5) is 4.06. The summed E-state index contributed by atoms with van der Waals surface area (Å²) in [5.41, 5.74) is -16.1. The van der Waals surface area contributed by atoms with Crippen molar-refractivity contribution in [2.75, 3.05) is 0 Å². The first-order chi connectivity index (χ1) is 39.3. The van der Waals surface area contributed by atoms with E-state index in [2.05, 4.69) is 22.1 Å². The van der Waals surface area contributed by atoms with E-state index < -0.39 is 221 Å². The first kappa shape index (κ1) is 67.3. The number of aryl methyl sites for hydroxylation is 1. The van der Waals surface area contributed by atoms with Crippen LogP contribution in [0.5, 0.6) is 0 Å². The maximum atomic E-state index is 14.4. The summed E-state index contributed by atoms with van der Waals surface area (Å²) < 4.78 is 417. The molecule has 0 aliphatic rings. The number of aromatic nitrogens is 3. The molecule has 3 nitrogen and oxygen atoms in total. The zero-order chi connectivity index (χ0) is 63.4. The molecule has 7 aromatic rings. The van der Waals surface area contributed by atoms with Crippen molar-refractivity contribution < 1.29 is 132 Å². The Labute approximate surface area is 450 Å². The maximum Gasteiger partial charge on any atom is 0.265 e. The smallest absolute Gasteiger partial charge is 0.265 e. The van der Waals surface area contributed by atoms with Crippen LogP contribution in [0.2, 0.25) is 0 Å². The van der Waals surface area contributed by atoms with Crippen molar-refractivity contribution >= 4 is 46.2 Å². The minimum atomic E-state index is -3.96. The highest BCUT2D eigenvalue weighted by Crippen LogP contribution is 2.27. The summed E-state index contributed by atoms with van der Waals surface area (Å²) in [6, 6.07) is 0. The topological polar surface area (TPSA) is 39.9 Å². The van der Waals surface area contributed by atoms with Gasteiger partial charge in [-0.15, -0.1) is 0 Å². The molecule has 0 unspecified atom stereocenters. The van der Waals surface area contributed by atoms with Crippen molar-refractivity contribution in [3.63, 3.8) is 0 Å². The summed E-state index contributed by atoms with van der Waals surface area (Å²) in [7, 11) is 0. The molecular weight excluding hydrogens is 1220 g/mol. The molecule has 7 rings (SSSR count). The summed E-state index contributed by atoms with van der Waals surface area (Å²) >= 11 is 0. The van der Waals surface area contributed by atoms with Crippen LogP contribution in [0.15, 0.2) is 6.33 Å². The monoisotopic (exact) mass is 1250 g/mol. The Hall–Kier alpha value is -7.51. The van der Waals surface area contributed by atoms with Crippen molar-refractivity contribution in [3.05, 3.63) is 187 Å². The van der Waals surface area contributed by atoms with Crippen LogP contribution in [0.4, 0.5) is 132 Å². The average molecular weight is 1250 g/mol. The Morgan fingerprint density at radius 2 is 0.417 bits per heavy atom. The van der Waals surface area contributed by atoms with Crippen LogP contribution in [0.1, 0.15) is 70.5 Å². The number of hydrogen-bond donors (Lipinski definition) is 0. The minimum absolute atomic E-state index is 0.906. The van der Waals surface area contributed by atoms with Crippen LogP contribution in [0.25, 0.3) is 0 Å². The van der Waals surface area contributed by atoms with Gasteiger partial charge in [0, 0.05) is 32.8 Å². The van der Waals surface area contributed by atoms with Gasteiger partial charge in [0.2, 0.25) is 0 Å². The largest absolute Gasteiger partial charge is 0.370 e. The molecule has 1 aromatic heterocycles. The van der Waals surface area contributed by atoms with Gasteiger partial charge in [0.1, 0.15) is 0 Å². The fourth-order valence-electron chi connectivity index (χ4n) is 8.04. The van der Waals surface area contributed by atoms with Gasteiger partial charge in [-0.1, -0.05) is 58.3 Å². The molecule has 0 N–H and O–H groups in total. The molecule has 35 heteroatoms. The highest BCUT2D eigenvalue weighted by molar-refractivity contribution is 6.96. The fourth-order valence-corrected chi connectivity index (χ4v) is 8.04. The molecule has 452 valence electrons. The second kappa shape index (κ2) is 27.5. The number of unbranched alkanes of at least 4 members (excludes halogenated alkanes) is 8. The fraction of sp³-hybridized carbons (Fsp3) is 0.224. The number of rotatable bonds is 16. The SMILES string of the molecule is CCCCCCCCCCCc1nnc[n-]1.Fc1c(F)c(F)c(B(c2c(F)c(F)c(F)c(F)c2F)c2c(F)c(F)c(F)c(F)c2F)c(F)c1F.Fc1c(F)c(F)c(B(c2c(F)c(F)c(F)c(F)c2F)c2c(F)c(F)c(F)c(F)c2F)c(F)c1F. The van der Waals surface area contributed by atoms with Crippen molar-refractivity contribution in [1.82, 2.24) is 15.2 Å². The molecular formula is C49H24B2F30N3-. The predicted octanol–water partition coefficient (Wildman–Crippen LogP) is 12.1. The lowest BCUT2D eigenvalue weighted by Gasteiger charge is -2.21. The van der Waals surface area contributed by atoms with Crippen LogP contribution in [0, 0.1) is 175 Å². The molecule has 0 aliphatic heterocycles. The van der Waals surface area contributed by atoms with Crippen LogP contribution >= 0.6 is 0 Å². The molecule has 0 radical (unpaired) electrons. The molecule has 1 heterocycles. The first-order valence-corrected chi connectivity index (χ1v) is 23.1. The summed E-state index contributed by atoms with van der Waals surface area (Å²) in [5, 5.41) is 7.64. The van der Waals surface area contributed by atoms with Gasteiger partial charge in [0.05, 0.1) is 0 Å². The summed E-state index contributed by atoms with van der Waals surface area (Å²) in [6.45, 7) is -5.65. The molecule has 0 aliphatic carbocycles. The predicted molar refractivity (Wildman–Crippen MR) is 233 cm³/mol. The van der Waals surface area contributed by atoms with E-state index in [1.807, 2.05) is 0 Å².